The molecule has 0 saturated carbocycles. The summed E-state index contributed by atoms with van der Waals surface area (Å²) in [4.78, 5) is 13.7. The number of alkyl halides is 3. The van der Waals surface area contributed by atoms with Crippen molar-refractivity contribution >= 4 is 15.9 Å². The van der Waals surface area contributed by atoms with E-state index in [1.165, 1.54) is 24.5 Å². The van der Waals surface area contributed by atoms with Crippen LogP contribution in [0.5, 0.6) is 5.75 Å². The van der Waals surface area contributed by atoms with Gasteiger partial charge in [-0.15, -0.1) is 13.2 Å². The number of H-pyrrole nitrogens is 1. The number of nitrogens with one attached hydrogen (secondary N) is 1. The van der Waals surface area contributed by atoms with E-state index in [9.17, 15) is 18.0 Å². The number of aromatic amines is 1. The predicted octanol–water partition coefficient (Wildman–Crippen LogP) is 2.83. The lowest BCUT2D eigenvalue weighted by atomic mass is 10.3. The van der Waals surface area contributed by atoms with Gasteiger partial charge in [0.1, 0.15) is 0 Å². The largest absolute Gasteiger partial charge is 0.573 e. The second-order valence-electron chi connectivity index (χ2n) is 3.30. The first-order chi connectivity index (χ1) is 8.37. The Labute approximate surface area is 107 Å². The summed E-state index contributed by atoms with van der Waals surface area (Å²) in [5.41, 5.74) is -0.550. The molecule has 18 heavy (non-hydrogen) atoms. The van der Waals surface area contributed by atoms with Crippen molar-refractivity contribution in [3.8, 4) is 11.4 Å². The third-order valence-corrected chi connectivity index (χ3v) is 2.55. The summed E-state index contributed by atoms with van der Waals surface area (Å²) in [6.45, 7) is 0. The Morgan fingerprint density at radius 1 is 1.33 bits per heavy atom. The van der Waals surface area contributed by atoms with E-state index < -0.39 is 17.8 Å². The monoisotopic (exact) mass is 322 g/mol. The van der Waals surface area contributed by atoms with Crippen LogP contribution in [0.2, 0.25) is 0 Å². The summed E-state index contributed by atoms with van der Waals surface area (Å²) in [6.07, 6.45) is -2.19. The molecular weight excluding hydrogens is 317 g/mol. The molecule has 0 aliphatic carbocycles. The maximum absolute atomic E-state index is 12.3. The smallest absolute Gasteiger partial charge is 0.403 e. The highest BCUT2D eigenvalue weighted by atomic mass is 79.9. The Kier molecular flexibility index (Phi) is 3.20. The van der Waals surface area contributed by atoms with Gasteiger partial charge in [-0.25, -0.2) is 4.79 Å². The molecule has 0 radical (unpaired) electrons. The Morgan fingerprint density at radius 2 is 2.06 bits per heavy atom. The van der Waals surface area contributed by atoms with Gasteiger partial charge in [-0.05, 0) is 18.2 Å². The molecule has 1 aromatic heterocycles. The van der Waals surface area contributed by atoms with Crippen LogP contribution >= 0.6 is 15.9 Å². The normalized spacial score (nSPS) is 11.6. The minimum Gasteiger partial charge on any atom is -0.403 e. The van der Waals surface area contributed by atoms with E-state index in [1.54, 1.807) is 0 Å². The van der Waals surface area contributed by atoms with Crippen molar-refractivity contribution in [2.24, 2.45) is 0 Å². The van der Waals surface area contributed by atoms with Crippen molar-refractivity contribution < 1.29 is 17.9 Å². The van der Waals surface area contributed by atoms with Crippen LogP contribution in [-0.4, -0.2) is 15.9 Å². The van der Waals surface area contributed by atoms with Crippen LogP contribution in [0, 0.1) is 0 Å². The maximum atomic E-state index is 12.3. The molecule has 0 fully saturated rings. The molecule has 96 valence electrons. The molecule has 8 heteroatoms. The van der Waals surface area contributed by atoms with Crippen molar-refractivity contribution in [2.75, 3.05) is 0 Å². The van der Waals surface area contributed by atoms with Crippen LogP contribution < -0.4 is 10.4 Å². The molecule has 0 amide bonds. The highest BCUT2D eigenvalue weighted by molar-refractivity contribution is 9.10. The SMILES string of the molecule is O=c1[nH]ccn1-c1ccc(Br)cc1OC(F)(F)F. The summed E-state index contributed by atoms with van der Waals surface area (Å²) < 4.78 is 42.1. The van der Waals surface area contributed by atoms with E-state index in [0.717, 1.165) is 10.6 Å². The fourth-order valence-corrected chi connectivity index (χ4v) is 1.74. The van der Waals surface area contributed by atoms with Crippen LogP contribution in [0.15, 0.2) is 39.9 Å². The maximum Gasteiger partial charge on any atom is 0.573 e. The summed E-state index contributed by atoms with van der Waals surface area (Å²) >= 11 is 3.04. The standard InChI is InChI=1S/C10H6BrF3N2O2/c11-6-1-2-7(16-4-3-15-9(16)17)8(5-6)18-10(12,13)14/h1-5H,(H,15,17). The Bertz CT molecular complexity index is 618. The van der Waals surface area contributed by atoms with E-state index >= 15 is 0 Å². The van der Waals surface area contributed by atoms with E-state index in [1.807, 2.05) is 0 Å². The Hall–Kier alpha value is -1.70. The molecule has 0 saturated heterocycles. The summed E-state index contributed by atoms with van der Waals surface area (Å²) in [6, 6.07) is 4.00. The second-order valence-corrected chi connectivity index (χ2v) is 4.21. The first kappa shape index (κ1) is 12.7. The predicted molar refractivity (Wildman–Crippen MR) is 60.8 cm³/mol. The average molecular weight is 323 g/mol. The number of hydrogen-bond acceptors (Lipinski definition) is 2. The molecule has 4 nitrogen and oxygen atoms in total. The van der Waals surface area contributed by atoms with E-state index in [0.29, 0.717) is 4.47 Å². The van der Waals surface area contributed by atoms with Gasteiger partial charge in [-0.3, -0.25) is 4.57 Å². The molecule has 0 aliphatic rings. The molecule has 1 heterocycles. The number of aromatic nitrogens is 2. The van der Waals surface area contributed by atoms with Crippen molar-refractivity contribution in [1.82, 2.24) is 9.55 Å². The third kappa shape index (κ3) is 2.76. The third-order valence-electron chi connectivity index (χ3n) is 2.06. The second kappa shape index (κ2) is 4.52. The topological polar surface area (TPSA) is 47.0 Å². The highest BCUT2D eigenvalue weighted by Gasteiger charge is 2.32. The number of rotatable bonds is 2. The molecule has 0 spiro atoms. The van der Waals surface area contributed by atoms with Crippen LogP contribution in [0.1, 0.15) is 0 Å². The molecule has 0 aliphatic heterocycles. The molecule has 1 N–H and O–H groups in total. The van der Waals surface area contributed by atoms with Gasteiger partial charge in [0.25, 0.3) is 0 Å². The fraction of sp³-hybridized carbons (Fsp3) is 0.100. The zero-order chi connectivity index (χ0) is 13.3. The van der Waals surface area contributed by atoms with Gasteiger partial charge >= 0.3 is 12.1 Å². The van der Waals surface area contributed by atoms with Crippen LogP contribution in [0.3, 0.4) is 0 Å². The lowest BCUT2D eigenvalue weighted by Gasteiger charge is -2.13. The van der Waals surface area contributed by atoms with E-state index in [4.69, 9.17) is 0 Å². The zero-order valence-electron chi connectivity index (χ0n) is 8.66. The minimum atomic E-state index is -4.82. The van der Waals surface area contributed by atoms with Gasteiger partial charge in [0, 0.05) is 16.9 Å². The minimum absolute atomic E-state index is 0.00164. The lowest BCUT2D eigenvalue weighted by Crippen LogP contribution is -2.20. The van der Waals surface area contributed by atoms with Crippen molar-refractivity contribution in [3.63, 3.8) is 0 Å². The summed E-state index contributed by atoms with van der Waals surface area (Å²) in [7, 11) is 0. The Morgan fingerprint density at radius 3 is 2.61 bits per heavy atom. The van der Waals surface area contributed by atoms with E-state index in [2.05, 4.69) is 25.7 Å². The number of ether oxygens (including phenoxy) is 1. The van der Waals surface area contributed by atoms with Crippen molar-refractivity contribution in [1.29, 1.82) is 0 Å². The van der Waals surface area contributed by atoms with Gasteiger partial charge in [0.15, 0.2) is 5.75 Å². The Balaban J connectivity index is 2.54. The molecule has 0 atom stereocenters. The fourth-order valence-electron chi connectivity index (χ4n) is 1.40. The van der Waals surface area contributed by atoms with Gasteiger partial charge in [0.2, 0.25) is 0 Å². The molecular formula is C10H6BrF3N2O2. The number of nitrogens with zero attached hydrogens (tertiary/aromatic N) is 1. The van der Waals surface area contributed by atoms with Gasteiger partial charge < -0.3 is 9.72 Å². The van der Waals surface area contributed by atoms with Gasteiger partial charge in [0.05, 0.1) is 5.69 Å². The van der Waals surface area contributed by atoms with Crippen LogP contribution in [0.4, 0.5) is 13.2 Å². The van der Waals surface area contributed by atoms with Crippen LogP contribution in [0.25, 0.3) is 5.69 Å². The average Bonchev–Trinajstić information content (AvgIpc) is 2.62. The van der Waals surface area contributed by atoms with Crippen molar-refractivity contribution in [2.45, 2.75) is 6.36 Å². The van der Waals surface area contributed by atoms with E-state index in [-0.39, 0.29) is 5.69 Å². The molecule has 1 aromatic carbocycles. The molecule has 2 rings (SSSR count). The van der Waals surface area contributed by atoms with Crippen molar-refractivity contribution in [3.05, 3.63) is 45.5 Å². The molecule has 2 aromatic rings. The van der Waals surface area contributed by atoms with Gasteiger partial charge in [-0.1, -0.05) is 15.9 Å². The number of halogens is 4. The lowest BCUT2D eigenvalue weighted by molar-refractivity contribution is -0.274. The quantitative estimate of drug-likeness (QED) is 0.924. The number of hydrogen-bond donors (Lipinski definition) is 1. The molecule has 0 unspecified atom stereocenters. The highest BCUT2D eigenvalue weighted by Crippen LogP contribution is 2.31. The first-order valence-corrected chi connectivity index (χ1v) is 5.48. The number of imidazole rings is 1. The summed E-state index contributed by atoms with van der Waals surface area (Å²) in [5, 5.41) is 0. The first-order valence-electron chi connectivity index (χ1n) is 4.68. The summed E-state index contributed by atoms with van der Waals surface area (Å²) in [5.74, 6) is -0.460. The zero-order valence-corrected chi connectivity index (χ0v) is 10.2. The van der Waals surface area contributed by atoms with Crippen LogP contribution in [-0.2, 0) is 0 Å². The van der Waals surface area contributed by atoms with Gasteiger partial charge in [-0.2, -0.15) is 0 Å². The number of benzene rings is 1. The molecule has 0 bridgehead atoms.